The molecule has 0 radical (unpaired) electrons. The van der Waals surface area contributed by atoms with E-state index in [2.05, 4.69) is 38.0 Å². The van der Waals surface area contributed by atoms with Crippen LogP contribution in [0.4, 0.5) is 0 Å². The lowest BCUT2D eigenvalue weighted by molar-refractivity contribution is 0.235. The number of nitrogens with one attached hydrogen (secondary N) is 1. The van der Waals surface area contributed by atoms with E-state index >= 15 is 0 Å². The van der Waals surface area contributed by atoms with Gasteiger partial charge in [0.2, 0.25) is 0 Å². The largest absolute Gasteiger partial charge is 0.472 e. The molecular weight excluding hydrogens is 212 g/mol. The highest BCUT2D eigenvalue weighted by Crippen LogP contribution is 2.08. The summed E-state index contributed by atoms with van der Waals surface area (Å²) in [6, 6.07) is 2.62. The minimum atomic E-state index is 0.588. The second-order valence-electron chi connectivity index (χ2n) is 5.28. The molecule has 0 saturated heterocycles. The Kier molecular flexibility index (Phi) is 6.30. The molecule has 1 rings (SSSR count). The SMILES string of the molecule is CC(C)CNCCC(C)N(C)Cc1ccoc1. The second-order valence-corrected chi connectivity index (χ2v) is 5.28. The van der Waals surface area contributed by atoms with Crippen molar-refractivity contribution < 1.29 is 4.42 Å². The fourth-order valence-electron chi connectivity index (χ4n) is 1.75. The molecule has 0 amide bonds. The third-order valence-electron chi connectivity index (χ3n) is 3.06. The van der Waals surface area contributed by atoms with Crippen LogP contribution < -0.4 is 5.32 Å². The van der Waals surface area contributed by atoms with E-state index in [4.69, 9.17) is 4.42 Å². The lowest BCUT2D eigenvalue weighted by Crippen LogP contribution is -2.32. The van der Waals surface area contributed by atoms with Crippen molar-refractivity contribution in [3.8, 4) is 0 Å². The van der Waals surface area contributed by atoms with Gasteiger partial charge >= 0.3 is 0 Å². The Morgan fingerprint density at radius 1 is 1.35 bits per heavy atom. The van der Waals surface area contributed by atoms with Gasteiger partial charge in [-0.1, -0.05) is 13.8 Å². The zero-order chi connectivity index (χ0) is 12.7. The average molecular weight is 238 g/mol. The topological polar surface area (TPSA) is 28.4 Å². The van der Waals surface area contributed by atoms with Crippen molar-refractivity contribution in [2.24, 2.45) is 5.92 Å². The number of nitrogens with zero attached hydrogens (tertiary/aromatic N) is 1. The average Bonchev–Trinajstić information content (AvgIpc) is 2.76. The van der Waals surface area contributed by atoms with Crippen molar-refractivity contribution in [2.75, 3.05) is 20.1 Å². The highest BCUT2D eigenvalue weighted by molar-refractivity contribution is 5.04. The van der Waals surface area contributed by atoms with E-state index in [1.807, 2.05) is 12.3 Å². The molecule has 0 bridgehead atoms. The van der Waals surface area contributed by atoms with E-state index < -0.39 is 0 Å². The summed E-state index contributed by atoms with van der Waals surface area (Å²) in [5.41, 5.74) is 1.24. The minimum absolute atomic E-state index is 0.588. The predicted octanol–water partition coefficient (Wildman–Crippen LogP) is 2.74. The molecule has 1 aromatic rings. The molecule has 1 aromatic heterocycles. The molecule has 98 valence electrons. The maximum absolute atomic E-state index is 5.08. The summed E-state index contributed by atoms with van der Waals surface area (Å²) < 4.78 is 5.08. The van der Waals surface area contributed by atoms with Gasteiger partial charge < -0.3 is 9.73 Å². The van der Waals surface area contributed by atoms with Crippen molar-refractivity contribution in [1.82, 2.24) is 10.2 Å². The van der Waals surface area contributed by atoms with Gasteiger partial charge in [0.05, 0.1) is 12.5 Å². The molecule has 3 heteroatoms. The molecule has 0 fully saturated rings. The highest BCUT2D eigenvalue weighted by Gasteiger charge is 2.09. The van der Waals surface area contributed by atoms with Gasteiger partial charge in [0.25, 0.3) is 0 Å². The van der Waals surface area contributed by atoms with Crippen molar-refractivity contribution in [2.45, 2.75) is 39.8 Å². The van der Waals surface area contributed by atoms with Gasteiger partial charge in [-0.3, -0.25) is 4.90 Å². The number of hydrogen-bond donors (Lipinski definition) is 1. The van der Waals surface area contributed by atoms with Gasteiger partial charge in [-0.05, 0) is 45.5 Å². The van der Waals surface area contributed by atoms with E-state index in [0.717, 1.165) is 25.6 Å². The van der Waals surface area contributed by atoms with Gasteiger partial charge in [0.15, 0.2) is 0 Å². The van der Waals surface area contributed by atoms with Crippen LogP contribution in [0.5, 0.6) is 0 Å². The number of furan rings is 1. The van der Waals surface area contributed by atoms with Crippen molar-refractivity contribution in [1.29, 1.82) is 0 Å². The van der Waals surface area contributed by atoms with Crippen LogP contribution in [0.2, 0.25) is 0 Å². The van der Waals surface area contributed by atoms with Gasteiger partial charge in [-0.25, -0.2) is 0 Å². The molecule has 1 N–H and O–H groups in total. The van der Waals surface area contributed by atoms with E-state index in [1.165, 1.54) is 12.0 Å². The maximum atomic E-state index is 5.08. The van der Waals surface area contributed by atoms with Gasteiger partial charge in [0.1, 0.15) is 0 Å². The zero-order valence-corrected chi connectivity index (χ0v) is 11.6. The first kappa shape index (κ1) is 14.3. The Morgan fingerprint density at radius 2 is 2.12 bits per heavy atom. The molecule has 0 aliphatic rings. The van der Waals surface area contributed by atoms with Crippen LogP contribution in [0, 0.1) is 5.92 Å². The van der Waals surface area contributed by atoms with E-state index in [1.54, 1.807) is 6.26 Å². The summed E-state index contributed by atoms with van der Waals surface area (Å²) in [6.07, 6.45) is 4.74. The first-order valence-electron chi connectivity index (χ1n) is 6.51. The second kappa shape index (κ2) is 7.51. The molecular formula is C14H26N2O. The molecule has 1 unspecified atom stereocenters. The Labute approximate surface area is 105 Å². The van der Waals surface area contributed by atoms with Crippen molar-refractivity contribution in [3.05, 3.63) is 24.2 Å². The van der Waals surface area contributed by atoms with Crippen molar-refractivity contribution >= 4 is 0 Å². The summed E-state index contributed by atoms with van der Waals surface area (Å²) in [7, 11) is 2.17. The van der Waals surface area contributed by atoms with Gasteiger partial charge in [-0.15, -0.1) is 0 Å². The van der Waals surface area contributed by atoms with Crippen LogP contribution in [-0.2, 0) is 6.54 Å². The van der Waals surface area contributed by atoms with Crippen molar-refractivity contribution in [3.63, 3.8) is 0 Å². The molecule has 0 aliphatic heterocycles. The summed E-state index contributed by atoms with van der Waals surface area (Å²) in [5.74, 6) is 0.731. The van der Waals surface area contributed by atoms with E-state index in [-0.39, 0.29) is 0 Å². The van der Waals surface area contributed by atoms with E-state index in [0.29, 0.717) is 6.04 Å². The van der Waals surface area contributed by atoms with Crippen LogP contribution >= 0.6 is 0 Å². The quantitative estimate of drug-likeness (QED) is 0.706. The van der Waals surface area contributed by atoms with Gasteiger partial charge in [0, 0.05) is 18.2 Å². The van der Waals surface area contributed by atoms with E-state index in [9.17, 15) is 0 Å². The lowest BCUT2D eigenvalue weighted by atomic mass is 10.2. The molecule has 3 nitrogen and oxygen atoms in total. The van der Waals surface area contributed by atoms with Crippen LogP contribution in [0.1, 0.15) is 32.8 Å². The summed E-state index contributed by atoms with van der Waals surface area (Å²) >= 11 is 0. The maximum Gasteiger partial charge on any atom is 0.0947 e. The third kappa shape index (κ3) is 5.89. The molecule has 0 spiro atoms. The number of rotatable bonds is 8. The predicted molar refractivity (Wildman–Crippen MR) is 72.0 cm³/mol. The molecule has 0 saturated carbocycles. The highest BCUT2D eigenvalue weighted by atomic mass is 16.3. The van der Waals surface area contributed by atoms with Crippen LogP contribution in [0.15, 0.2) is 23.0 Å². The summed E-state index contributed by atoms with van der Waals surface area (Å²) in [4.78, 5) is 2.36. The molecule has 1 atom stereocenters. The number of hydrogen-bond acceptors (Lipinski definition) is 3. The molecule has 17 heavy (non-hydrogen) atoms. The Morgan fingerprint density at radius 3 is 2.71 bits per heavy atom. The fourth-order valence-corrected chi connectivity index (χ4v) is 1.75. The Hall–Kier alpha value is -0.800. The normalized spacial score (nSPS) is 13.5. The third-order valence-corrected chi connectivity index (χ3v) is 3.06. The van der Waals surface area contributed by atoms with Crippen LogP contribution in [0.25, 0.3) is 0 Å². The Bertz CT molecular complexity index is 282. The Balaban J connectivity index is 2.16. The van der Waals surface area contributed by atoms with Crippen LogP contribution in [0.3, 0.4) is 0 Å². The van der Waals surface area contributed by atoms with Crippen LogP contribution in [-0.4, -0.2) is 31.1 Å². The smallest absolute Gasteiger partial charge is 0.0947 e. The lowest BCUT2D eigenvalue weighted by Gasteiger charge is -2.24. The minimum Gasteiger partial charge on any atom is -0.472 e. The fraction of sp³-hybridized carbons (Fsp3) is 0.714. The zero-order valence-electron chi connectivity index (χ0n) is 11.6. The monoisotopic (exact) mass is 238 g/mol. The molecule has 0 aromatic carbocycles. The summed E-state index contributed by atoms with van der Waals surface area (Å²) in [6.45, 7) is 9.91. The molecule has 1 heterocycles. The standard InChI is InChI=1S/C14H26N2O/c1-12(2)9-15-7-5-13(3)16(4)10-14-6-8-17-11-14/h6,8,11-13,15H,5,7,9-10H2,1-4H3. The first-order valence-corrected chi connectivity index (χ1v) is 6.51. The summed E-state index contributed by atoms with van der Waals surface area (Å²) in [5, 5.41) is 3.48. The first-order chi connectivity index (χ1) is 8.09. The molecule has 0 aliphatic carbocycles. The van der Waals surface area contributed by atoms with Gasteiger partial charge in [-0.2, -0.15) is 0 Å².